The van der Waals surface area contributed by atoms with Gasteiger partial charge < -0.3 is 11.1 Å². The molecule has 4 heteroatoms. The molecule has 0 amide bonds. The SMILES string of the molecule is Cc1ncc(NC(C)CN)nc1C. The van der Waals surface area contributed by atoms with Crippen molar-refractivity contribution in [1.29, 1.82) is 0 Å². The first kappa shape index (κ1) is 9.92. The lowest BCUT2D eigenvalue weighted by Crippen LogP contribution is -2.25. The summed E-state index contributed by atoms with van der Waals surface area (Å²) in [5.74, 6) is 0.793. The van der Waals surface area contributed by atoms with Gasteiger partial charge in [0.05, 0.1) is 17.6 Å². The quantitative estimate of drug-likeness (QED) is 0.724. The predicted molar refractivity (Wildman–Crippen MR) is 53.6 cm³/mol. The van der Waals surface area contributed by atoms with Crippen LogP contribution in [0.4, 0.5) is 5.82 Å². The molecule has 1 aromatic rings. The summed E-state index contributed by atoms with van der Waals surface area (Å²) in [5, 5.41) is 3.16. The Bertz CT molecular complexity index is 285. The van der Waals surface area contributed by atoms with Crippen LogP contribution in [0.2, 0.25) is 0 Å². The van der Waals surface area contributed by atoms with Gasteiger partial charge in [0.25, 0.3) is 0 Å². The summed E-state index contributed by atoms with van der Waals surface area (Å²) in [6.07, 6.45) is 1.73. The van der Waals surface area contributed by atoms with Gasteiger partial charge in [0.1, 0.15) is 5.82 Å². The summed E-state index contributed by atoms with van der Waals surface area (Å²) >= 11 is 0. The van der Waals surface area contributed by atoms with Crippen molar-refractivity contribution >= 4 is 5.82 Å². The van der Waals surface area contributed by atoms with E-state index in [-0.39, 0.29) is 6.04 Å². The smallest absolute Gasteiger partial charge is 0.145 e. The normalized spacial score (nSPS) is 12.6. The highest BCUT2D eigenvalue weighted by atomic mass is 15.0. The fourth-order valence-corrected chi connectivity index (χ4v) is 0.923. The summed E-state index contributed by atoms with van der Waals surface area (Å²) in [4.78, 5) is 8.53. The number of nitrogens with one attached hydrogen (secondary N) is 1. The van der Waals surface area contributed by atoms with Gasteiger partial charge in [-0.05, 0) is 20.8 Å². The van der Waals surface area contributed by atoms with Crippen molar-refractivity contribution in [1.82, 2.24) is 9.97 Å². The van der Waals surface area contributed by atoms with E-state index in [4.69, 9.17) is 5.73 Å². The molecule has 0 aliphatic carbocycles. The molecule has 72 valence electrons. The van der Waals surface area contributed by atoms with Crippen molar-refractivity contribution < 1.29 is 0 Å². The fourth-order valence-electron chi connectivity index (χ4n) is 0.923. The number of hydrogen-bond acceptors (Lipinski definition) is 4. The Hall–Kier alpha value is -1.16. The van der Waals surface area contributed by atoms with Crippen LogP contribution in [0.25, 0.3) is 0 Å². The summed E-state index contributed by atoms with van der Waals surface area (Å²) < 4.78 is 0. The molecule has 3 N–H and O–H groups in total. The zero-order valence-electron chi connectivity index (χ0n) is 8.33. The number of aromatic nitrogens is 2. The van der Waals surface area contributed by atoms with E-state index < -0.39 is 0 Å². The molecule has 0 fully saturated rings. The van der Waals surface area contributed by atoms with Gasteiger partial charge in [0.15, 0.2) is 0 Å². The highest BCUT2D eigenvalue weighted by Gasteiger charge is 2.02. The maximum Gasteiger partial charge on any atom is 0.145 e. The van der Waals surface area contributed by atoms with E-state index in [1.807, 2.05) is 20.8 Å². The number of anilines is 1. The Labute approximate surface area is 78.6 Å². The van der Waals surface area contributed by atoms with Gasteiger partial charge in [-0.1, -0.05) is 0 Å². The highest BCUT2D eigenvalue weighted by molar-refractivity contribution is 5.34. The minimum absolute atomic E-state index is 0.233. The van der Waals surface area contributed by atoms with Gasteiger partial charge in [-0.25, -0.2) is 4.98 Å². The average molecular weight is 180 g/mol. The van der Waals surface area contributed by atoms with Crippen molar-refractivity contribution in [2.75, 3.05) is 11.9 Å². The Morgan fingerprint density at radius 3 is 2.69 bits per heavy atom. The zero-order valence-corrected chi connectivity index (χ0v) is 8.33. The van der Waals surface area contributed by atoms with Gasteiger partial charge in [0, 0.05) is 12.6 Å². The minimum atomic E-state index is 0.233. The third-order valence-corrected chi connectivity index (χ3v) is 1.94. The van der Waals surface area contributed by atoms with E-state index in [0.29, 0.717) is 6.54 Å². The van der Waals surface area contributed by atoms with Crippen LogP contribution in [-0.4, -0.2) is 22.6 Å². The maximum atomic E-state index is 5.48. The minimum Gasteiger partial charge on any atom is -0.365 e. The van der Waals surface area contributed by atoms with Gasteiger partial charge in [-0.15, -0.1) is 0 Å². The average Bonchev–Trinajstić information content (AvgIpc) is 2.11. The molecule has 0 radical (unpaired) electrons. The van der Waals surface area contributed by atoms with E-state index in [2.05, 4.69) is 15.3 Å². The van der Waals surface area contributed by atoms with Crippen molar-refractivity contribution in [3.8, 4) is 0 Å². The lowest BCUT2D eigenvalue weighted by atomic mass is 10.3. The number of nitrogens with two attached hydrogens (primary N) is 1. The van der Waals surface area contributed by atoms with E-state index in [1.54, 1.807) is 6.20 Å². The molecule has 0 bridgehead atoms. The van der Waals surface area contributed by atoms with Crippen LogP contribution < -0.4 is 11.1 Å². The number of rotatable bonds is 3. The van der Waals surface area contributed by atoms with Crippen LogP contribution in [0.3, 0.4) is 0 Å². The first-order valence-electron chi connectivity index (χ1n) is 4.40. The molecule has 0 aromatic carbocycles. The van der Waals surface area contributed by atoms with Gasteiger partial charge in [-0.3, -0.25) is 4.98 Å². The zero-order chi connectivity index (χ0) is 9.84. The lowest BCUT2D eigenvalue weighted by Gasteiger charge is -2.12. The number of nitrogens with zero attached hydrogens (tertiary/aromatic N) is 2. The van der Waals surface area contributed by atoms with E-state index in [1.165, 1.54) is 0 Å². The molecule has 1 atom stereocenters. The first-order chi connectivity index (χ1) is 6.13. The molecule has 1 rings (SSSR count). The van der Waals surface area contributed by atoms with Crippen LogP contribution in [0.5, 0.6) is 0 Å². The lowest BCUT2D eigenvalue weighted by molar-refractivity contribution is 0.794. The van der Waals surface area contributed by atoms with Crippen LogP contribution in [0.1, 0.15) is 18.3 Å². The predicted octanol–water partition coefficient (Wildman–Crippen LogP) is 0.853. The van der Waals surface area contributed by atoms with Crippen LogP contribution in [0.15, 0.2) is 6.20 Å². The molecular weight excluding hydrogens is 164 g/mol. The van der Waals surface area contributed by atoms with Crippen molar-refractivity contribution in [3.63, 3.8) is 0 Å². The Morgan fingerprint density at radius 2 is 2.15 bits per heavy atom. The van der Waals surface area contributed by atoms with Crippen molar-refractivity contribution in [3.05, 3.63) is 17.6 Å². The molecule has 0 saturated carbocycles. The van der Waals surface area contributed by atoms with Crippen molar-refractivity contribution in [2.24, 2.45) is 5.73 Å². The largest absolute Gasteiger partial charge is 0.365 e. The third kappa shape index (κ3) is 2.66. The number of hydrogen-bond donors (Lipinski definition) is 2. The van der Waals surface area contributed by atoms with Crippen LogP contribution in [-0.2, 0) is 0 Å². The Balaban J connectivity index is 2.73. The molecule has 0 saturated heterocycles. The maximum absolute atomic E-state index is 5.48. The van der Waals surface area contributed by atoms with Crippen LogP contribution in [0, 0.1) is 13.8 Å². The topological polar surface area (TPSA) is 63.8 Å². The summed E-state index contributed by atoms with van der Waals surface area (Å²) in [6.45, 7) is 6.49. The van der Waals surface area contributed by atoms with E-state index >= 15 is 0 Å². The monoisotopic (exact) mass is 180 g/mol. The molecule has 1 aromatic heterocycles. The van der Waals surface area contributed by atoms with E-state index in [9.17, 15) is 0 Å². The Kier molecular flexibility index (Phi) is 3.19. The second kappa shape index (κ2) is 4.18. The van der Waals surface area contributed by atoms with Gasteiger partial charge >= 0.3 is 0 Å². The summed E-state index contributed by atoms with van der Waals surface area (Å²) in [7, 11) is 0. The molecule has 0 aliphatic heterocycles. The Morgan fingerprint density at radius 1 is 1.46 bits per heavy atom. The summed E-state index contributed by atoms with van der Waals surface area (Å²) in [6, 6.07) is 0.233. The van der Waals surface area contributed by atoms with Crippen LogP contribution >= 0.6 is 0 Å². The second-order valence-corrected chi connectivity index (χ2v) is 3.21. The third-order valence-electron chi connectivity index (χ3n) is 1.94. The molecule has 1 heterocycles. The molecule has 4 nitrogen and oxygen atoms in total. The standard InChI is InChI=1S/C9H16N4/c1-6(4-10)12-9-5-11-7(2)8(3)13-9/h5-6H,4,10H2,1-3H3,(H,12,13). The molecule has 0 aliphatic rings. The molecular formula is C9H16N4. The van der Waals surface area contributed by atoms with E-state index in [0.717, 1.165) is 17.2 Å². The van der Waals surface area contributed by atoms with Gasteiger partial charge in [-0.2, -0.15) is 0 Å². The number of aryl methyl sites for hydroxylation is 2. The molecule has 0 spiro atoms. The molecule has 1 unspecified atom stereocenters. The van der Waals surface area contributed by atoms with Gasteiger partial charge in [0.2, 0.25) is 0 Å². The fraction of sp³-hybridized carbons (Fsp3) is 0.556. The second-order valence-electron chi connectivity index (χ2n) is 3.21. The summed E-state index contributed by atoms with van der Waals surface area (Å²) in [5.41, 5.74) is 7.39. The highest BCUT2D eigenvalue weighted by Crippen LogP contribution is 2.06. The first-order valence-corrected chi connectivity index (χ1v) is 4.40. The van der Waals surface area contributed by atoms with Crippen molar-refractivity contribution in [2.45, 2.75) is 26.8 Å². The molecule has 13 heavy (non-hydrogen) atoms.